The lowest BCUT2D eigenvalue weighted by atomic mass is 10.1. The Labute approximate surface area is 125 Å². The number of benzene rings is 1. The van der Waals surface area contributed by atoms with Gasteiger partial charge in [-0.2, -0.15) is 0 Å². The number of hydrogen-bond donors (Lipinski definition) is 2. The minimum atomic E-state index is -0.540. The molecule has 3 rings (SSSR count). The van der Waals surface area contributed by atoms with Crippen molar-refractivity contribution in [3.8, 4) is 11.3 Å². The number of carbonyl (C=O) groups is 2. The van der Waals surface area contributed by atoms with E-state index in [1.807, 2.05) is 30.3 Å². The van der Waals surface area contributed by atoms with Gasteiger partial charge in [0, 0.05) is 5.56 Å². The van der Waals surface area contributed by atoms with Crippen LogP contribution in [0.25, 0.3) is 17.4 Å². The zero-order chi connectivity index (χ0) is 14.8. The van der Waals surface area contributed by atoms with Crippen LogP contribution in [0.3, 0.4) is 0 Å². The van der Waals surface area contributed by atoms with Crippen LogP contribution in [0.1, 0.15) is 5.76 Å². The summed E-state index contributed by atoms with van der Waals surface area (Å²) in [6.07, 6.45) is 1.39. The highest BCUT2D eigenvalue weighted by Gasteiger charge is 2.26. The van der Waals surface area contributed by atoms with Crippen molar-refractivity contribution < 1.29 is 14.0 Å². The molecule has 0 spiro atoms. The van der Waals surface area contributed by atoms with Crippen molar-refractivity contribution in [3.05, 3.63) is 53.8 Å². The fourth-order valence-corrected chi connectivity index (χ4v) is 2.12. The molecule has 2 amide bonds. The zero-order valence-corrected chi connectivity index (χ0v) is 11.6. The minimum absolute atomic E-state index is 0.00608. The molecule has 1 fully saturated rings. The van der Waals surface area contributed by atoms with Crippen LogP contribution in [0.4, 0.5) is 0 Å². The van der Waals surface area contributed by atoms with Crippen LogP contribution in [-0.2, 0) is 9.59 Å². The molecule has 0 radical (unpaired) electrons. The first kappa shape index (κ1) is 13.3. The lowest BCUT2D eigenvalue weighted by Gasteiger charge is -2.15. The second-order valence-corrected chi connectivity index (χ2v) is 4.77. The number of amides is 2. The topological polar surface area (TPSA) is 71.3 Å². The molecule has 0 saturated carbocycles. The molecule has 1 aromatic carbocycles. The van der Waals surface area contributed by atoms with Gasteiger partial charge in [0.1, 0.15) is 17.1 Å². The van der Waals surface area contributed by atoms with Gasteiger partial charge in [-0.1, -0.05) is 30.3 Å². The predicted octanol–water partition coefficient (Wildman–Crippen LogP) is 1.86. The molecule has 0 atom stereocenters. The second-order valence-electron chi connectivity index (χ2n) is 4.36. The van der Waals surface area contributed by atoms with E-state index in [1.165, 1.54) is 6.08 Å². The van der Waals surface area contributed by atoms with Crippen LogP contribution < -0.4 is 10.6 Å². The van der Waals surface area contributed by atoms with Crippen molar-refractivity contribution >= 4 is 35.2 Å². The molecule has 104 valence electrons. The average molecular weight is 298 g/mol. The predicted molar refractivity (Wildman–Crippen MR) is 81.0 cm³/mol. The van der Waals surface area contributed by atoms with E-state index in [1.54, 1.807) is 12.1 Å². The van der Waals surface area contributed by atoms with Crippen LogP contribution in [0.15, 0.2) is 52.5 Å². The number of carbonyl (C=O) groups excluding carboxylic acids is 2. The molecule has 1 saturated heterocycles. The fraction of sp³-hybridized carbons (Fsp3) is 0. The molecule has 21 heavy (non-hydrogen) atoms. The number of rotatable bonds is 2. The first-order valence-electron chi connectivity index (χ1n) is 6.17. The summed E-state index contributed by atoms with van der Waals surface area (Å²) in [6, 6.07) is 13.0. The third-order valence-electron chi connectivity index (χ3n) is 2.92. The SMILES string of the molecule is O=C1NC(=S)NC(=O)C1=Cc1ccc(-c2ccccc2)o1. The number of furan rings is 1. The molecule has 2 heterocycles. The van der Waals surface area contributed by atoms with Crippen LogP contribution >= 0.6 is 12.2 Å². The Balaban J connectivity index is 1.90. The highest BCUT2D eigenvalue weighted by atomic mass is 32.1. The maximum atomic E-state index is 11.7. The Morgan fingerprint density at radius 3 is 2.29 bits per heavy atom. The van der Waals surface area contributed by atoms with Crippen molar-refractivity contribution in [3.63, 3.8) is 0 Å². The Morgan fingerprint density at radius 1 is 0.952 bits per heavy atom. The van der Waals surface area contributed by atoms with E-state index >= 15 is 0 Å². The summed E-state index contributed by atoms with van der Waals surface area (Å²) in [5.41, 5.74) is 0.874. The highest BCUT2D eigenvalue weighted by molar-refractivity contribution is 7.80. The minimum Gasteiger partial charge on any atom is -0.457 e. The average Bonchev–Trinajstić information content (AvgIpc) is 2.92. The lowest BCUT2D eigenvalue weighted by molar-refractivity contribution is -0.123. The zero-order valence-electron chi connectivity index (χ0n) is 10.8. The molecule has 1 aliphatic rings. The van der Waals surface area contributed by atoms with Gasteiger partial charge in [0.15, 0.2) is 5.11 Å². The Morgan fingerprint density at radius 2 is 1.62 bits per heavy atom. The molecular weight excluding hydrogens is 288 g/mol. The van der Waals surface area contributed by atoms with E-state index < -0.39 is 11.8 Å². The molecule has 0 bridgehead atoms. The van der Waals surface area contributed by atoms with Crippen molar-refractivity contribution in [1.82, 2.24) is 10.6 Å². The van der Waals surface area contributed by atoms with Gasteiger partial charge in [0.05, 0.1) is 0 Å². The van der Waals surface area contributed by atoms with Gasteiger partial charge in [0.2, 0.25) is 0 Å². The van der Waals surface area contributed by atoms with Gasteiger partial charge in [-0.15, -0.1) is 0 Å². The van der Waals surface area contributed by atoms with E-state index in [4.69, 9.17) is 16.6 Å². The summed E-state index contributed by atoms with van der Waals surface area (Å²) in [5.74, 6) is -0.000565. The summed E-state index contributed by atoms with van der Waals surface area (Å²) >= 11 is 4.73. The van der Waals surface area contributed by atoms with Gasteiger partial charge >= 0.3 is 0 Å². The summed E-state index contributed by atoms with van der Waals surface area (Å²) in [4.78, 5) is 23.5. The Kier molecular flexibility index (Phi) is 3.37. The third-order valence-corrected chi connectivity index (χ3v) is 3.12. The number of thiocarbonyl (C=S) groups is 1. The smallest absolute Gasteiger partial charge is 0.263 e. The van der Waals surface area contributed by atoms with Crippen LogP contribution in [-0.4, -0.2) is 16.9 Å². The summed E-state index contributed by atoms with van der Waals surface area (Å²) in [5, 5.41) is 4.74. The van der Waals surface area contributed by atoms with Crippen LogP contribution in [0.5, 0.6) is 0 Å². The molecule has 2 aromatic rings. The first-order chi connectivity index (χ1) is 10.1. The highest BCUT2D eigenvalue weighted by Crippen LogP contribution is 2.23. The normalized spacial score (nSPS) is 14.7. The number of nitrogens with one attached hydrogen (secondary N) is 2. The molecule has 1 aromatic heterocycles. The Bertz CT molecular complexity index is 740. The third kappa shape index (κ3) is 2.75. The monoisotopic (exact) mass is 298 g/mol. The molecule has 0 unspecified atom stereocenters. The van der Waals surface area contributed by atoms with Crippen LogP contribution in [0, 0.1) is 0 Å². The second kappa shape index (κ2) is 5.34. The molecule has 1 aliphatic heterocycles. The van der Waals surface area contributed by atoms with E-state index in [-0.39, 0.29) is 10.7 Å². The maximum Gasteiger partial charge on any atom is 0.263 e. The van der Waals surface area contributed by atoms with Gasteiger partial charge in [-0.05, 0) is 30.4 Å². The van der Waals surface area contributed by atoms with Gasteiger partial charge in [-0.3, -0.25) is 20.2 Å². The van der Waals surface area contributed by atoms with E-state index in [0.717, 1.165) is 5.56 Å². The van der Waals surface area contributed by atoms with Gasteiger partial charge in [0.25, 0.3) is 11.8 Å². The summed E-state index contributed by atoms with van der Waals surface area (Å²) < 4.78 is 5.63. The van der Waals surface area contributed by atoms with Gasteiger partial charge in [-0.25, -0.2) is 0 Å². The van der Waals surface area contributed by atoms with E-state index in [2.05, 4.69) is 10.6 Å². The van der Waals surface area contributed by atoms with Crippen molar-refractivity contribution in [2.45, 2.75) is 0 Å². The van der Waals surface area contributed by atoms with E-state index in [0.29, 0.717) is 11.5 Å². The fourth-order valence-electron chi connectivity index (χ4n) is 1.94. The molecule has 0 aliphatic carbocycles. The maximum absolute atomic E-state index is 11.7. The molecular formula is C15H10N2O3S. The summed E-state index contributed by atoms with van der Waals surface area (Å²) in [6.45, 7) is 0. The summed E-state index contributed by atoms with van der Waals surface area (Å²) in [7, 11) is 0. The van der Waals surface area contributed by atoms with Crippen LogP contribution in [0.2, 0.25) is 0 Å². The van der Waals surface area contributed by atoms with Gasteiger partial charge < -0.3 is 4.42 Å². The van der Waals surface area contributed by atoms with Crippen molar-refractivity contribution in [1.29, 1.82) is 0 Å². The van der Waals surface area contributed by atoms with Crippen molar-refractivity contribution in [2.24, 2.45) is 0 Å². The van der Waals surface area contributed by atoms with E-state index in [9.17, 15) is 9.59 Å². The quantitative estimate of drug-likeness (QED) is 0.504. The molecule has 6 heteroatoms. The molecule has 5 nitrogen and oxygen atoms in total. The molecule has 2 N–H and O–H groups in total. The standard InChI is InChI=1S/C15H10N2O3S/c18-13-11(14(19)17-15(21)16-13)8-10-6-7-12(20-10)9-4-2-1-3-5-9/h1-8H,(H2,16,17,18,19,21). The Hall–Kier alpha value is -2.73. The van der Waals surface area contributed by atoms with Crippen molar-refractivity contribution in [2.75, 3.05) is 0 Å². The lowest BCUT2D eigenvalue weighted by Crippen LogP contribution is -2.51. The largest absolute Gasteiger partial charge is 0.457 e. The first-order valence-corrected chi connectivity index (χ1v) is 6.58. The number of hydrogen-bond acceptors (Lipinski definition) is 4.